The van der Waals surface area contributed by atoms with Crippen molar-refractivity contribution < 1.29 is 4.74 Å². The van der Waals surface area contributed by atoms with E-state index in [2.05, 4.69) is 17.1 Å². The van der Waals surface area contributed by atoms with Crippen molar-refractivity contribution >= 4 is 11.6 Å². The molecule has 0 aromatic carbocycles. The fourth-order valence-electron chi connectivity index (χ4n) is 0.766. The normalized spacial score (nSPS) is 12.8. The lowest BCUT2D eigenvalue weighted by Gasteiger charge is -2.08. The van der Waals surface area contributed by atoms with Gasteiger partial charge in [0.25, 0.3) is 0 Å². The molecule has 1 unspecified atom stereocenters. The van der Waals surface area contributed by atoms with Crippen molar-refractivity contribution in [3.63, 3.8) is 0 Å². The summed E-state index contributed by atoms with van der Waals surface area (Å²) >= 11 is 5.59. The molecule has 0 aliphatic heterocycles. The lowest BCUT2D eigenvalue weighted by atomic mass is 10.3. The van der Waals surface area contributed by atoms with Crippen LogP contribution in [0, 0.1) is 0 Å². The molecule has 1 aromatic heterocycles. The van der Waals surface area contributed by atoms with Crippen molar-refractivity contribution in [3.05, 3.63) is 23.0 Å². The van der Waals surface area contributed by atoms with E-state index >= 15 is 0 Å². The van der Waals surface area contributed by atoms with E-state index in [1.807, 2.05) is 13.0 Å². The predicted octanol–water partition coefficient (Wildman–Crippen LogP) is 2.45. The van der Waals surface area contributed by atoms with E-state index < -0.39 is 0 Å². The maximum Gasteiger partial charge on any atom is 0.151 e. The molecule has 1 aromatic rings. The number of hydrogen-bond acceptors (Lipinski definition) is 3. The van der Waals surface area contributed by atoms with Crippen LogP contribution in [-0.2, 0) is 11.3 Å². The quantitative estimate of drug-likeness (QED) is 0.749. The molecule has 0 spiro atoms. The summed E-state index contributed by atoms with van der Waals surface area (Å²) < 4.78 is 5.47. The largest absolute Gasteiger partial charge is 0.372 e. The van der Waals surface area contributed by atoms with Gasteiger partial charge >= 0.3 is 0 Å². The second kappa shape index (κ2) is 5.14. The molecule has 0 amide bonds. The first kappa shape index (κ1) is 10.4. The lowest BCUT2D eigenvalue weighted by molar-refractivity contribution is 0.0485. The fourth-order valence-corrected chi connectivity index (χ4v) is 0.867. The first-order chi connectivity index (χ1) is 6.22. The molecule has 0 radical (unpaired) electrons. The van der Waals surface area contributed by atoms with E-state index in [4.69, 9.17) is 16.3 Å². The Kier molecular flexibility index (Phi) is 4.12. The highest BCUT2D eigenvalue weighted by Crippen LogP contribution is 2.05. The van der Waals surface area contributed by atoms with Gasteiger partial charge in [0.1, 0.15) is 0 Å². The van der Waals surface area contributed by atoms with Crippen LogP contribution in [0.15, 0.2) is 12.1 Å². The predicted molar refractivity (Wildman–Crippen MR) is 51.6 cm³/mol. The average molecular weight is 201 g/mol. The van der Waals surface area contributed by atoms with E-state index in [-0.39, 0.29) is 6.10 Å². The monoisotopic (exact) mass is 200 g/mol. The van der Waals surface area contributed by atoms with Crippen molar-refractivity contribution in [3.8, 4) is 0 Å². The van der Waals surface area contributed by atoms with Crippen LogP contribution in [-0.4, -0.2) is 16.3 Å². The molecule has 1 rings (SSSR count). The third-order valence-corrected chi connectivity index (χ3v) is 1.98. The summed E-state index contributed by atoms with van der Waals surface area (Å²) in [5, 5.41) is 8.01. The number of ether oxygens (including phenoxy) is 1. The summed E-state index contributed by atoms with van der Waals surface area (Å²) in [6, 6.07) is 3.53. The van der Waals surface area contributed by atoms with E-state index in [1.54, 1.807) is 6.07 Å². The van der Waals surface area contributed by atoms with E-state index in [0.29, 0.717) is 11.8 Å². The van der Waals surface area contributed by atoms with Crippen molar-refractivity contribution in [2.75, 3.05) is 0 Å². The van der Waals surface area contributed by atoms with Crippen molar-refractivity contribution in [1.82, 2.24) is 10.2 Å². The van der Waals surface area contributed by atoms with Gasteiger partial charge in [0, 0.05) is 0 Å². The van der Waals surface area contributed by atoms with Gasteiger partial charge in [-0.05, 0) is 25.5 Å². The maximum absolute atomic E-state index is 5.59. The topological polar surface area (TPSA) is 35.0 Å². The molecular weight excluding hydrogens is 188 g/mol. The highest BCUT2D eigenvalue weighted by molar-refractivity contribution is 6.29. The van der Waals surface area contributed by atoms with E-state index in [9.17, 15) is 0 Å². The number of hydrogen-bond donors (Lipinski definition) is 0. The minimum Gasteiger partial charge on any atom is -0.372 e. The molecule has 0 N–H and O–H groups in total. The van der Waals surface area contributed by atoms with Crippen LogP contribution in [0.25, 0.3) is 0 Å². The van der Waals surface area contributed by atoms with Gasteiger partial charge in [-0.15, -0.1) is 5.10 Å². The molecular formula is C9H13ClN2O. The summed E-state index contributed by atoms with van der Waals surface area (Å²) in [6.45, 7) is 4.61. The number of nitrogens with zero attached hydrogens (tertiary/aromatic N) is 2. The lowest BCUT2D eigenvalue weighted by Crippen LogP contribution is -2.07. The summed E-state index contributed by atoms with van der Waals surface area (Å²) in [6.07, 6.45) is 1.26. The number of aromatic nitrogens is 2. The molecule has 0 bridgehead atoms. The second-order valence-electron chi connectivity index (χ2n) is 2.88. The van der Waals surface area contributed by atoms with Crippen LogP contribution in [0.2, 0.25) is 5.15 Å². The Hall–Kier alpha value is -0.670. The highest BCUT2D eigenvalue weighted by atomic mass is 35.5. The third kappa shape index (κ3) is 3.70. The third-order valence-electron chi connectivity index (χ3n) is 1.78. The summed E-state index contributed by atoms with van der Waals surface area (Å²) in [5.74, 6) is 0. The van der Waals surface area contributed by atoms with E-state index in [0.717, 1.165) is 12.1 Å². The van der Waals surface area contributed by atoms with Crippen LogP contribution in [0.3, 0.4) is 0 Å². The second-order valence-corrected chi connectivity index (χ2v) is 3.26. The molecule has 0 aliphatic carbocycles. The van der Waals surface area contributed by atoms with Gasteiger partial charge in [-0.25, -0.2) is 0 Å². The smallest absolute Gasteiger partial charge is 0.151 e. The molecule has 3 nitrogen and oxygen atoms in total. The highest BCUT2D eigenvalue weighted by Gasteiger charge is 2.00. The van der Waals surface area contributed by atoms with Crippen LogP contribution >= 0.6 is 11.6 Å². The summed E-state index contributed by atoms with van der Waals surface area (Å²) in [5.41, 5.74) is 0.810. The Bertz CT molecular complexity index is 250. The summed E-state index contributed by atoms with van der Waals surface area (Å²) in [7, 11) is 0. The van der Waals surface area contributed by atoms with Crippen molar-refractivity contribution in [1.29, 1.82) is 0 Å². The molecule has 4 heteroatoms. The van der Waals surface area contributed by atoms with Gasteiger partial charge in [0.05, 0.1) is 18.4 Å². The molecule has 0 saturated carbocycles. The molecule has 1 atom stereocenters. The van der Waals surface area contributed by atoms with Gasteiger partial charge in [-0.1, -0.05) is 18.5 Å². The molecule has 72 valence electrons. The molecule has 0 saturated heterocycles. The first-order valence-corrected chi connectivity index (χ1v) is 4.70. The molecule has 13 heavy (non-hydrogen) atoms. The standard InChI is InChI=1S/C9H13ClN2O/c1-3-7(2)13-6-8-4-5-9(10)12-11-8/h4-5,7H,3,6H2,1-2H3. The number of halogens is 1. The molecule has 0 aliphatic rings. The van der Waals surface area contributed by atoms with E-state index in [1.165, 1.54) is 0 Å². The van der Waals surface area contributed by atoms with Gasteiger partial charge in [0.2, 0.25) is 0 Å². The molecule has 0 fully saturated rings. The van der Waals surface area contributed by atoms with Crippen molar-refractivity contribution in [2.45, 2.75) is 33.0 Å². The maximum atomic E-state index is 5.59. The SMILES string of the molecule is CCC(C)OCc1ccc(Cl)nn1. The number of rotatable bonds is 4. The zero-order valence-electron chi connectivity index (χ0n) is 7.83. The average Bonchev–Trinajstić information content (AvgIpc) is 2.16. The minimum atomic E-state index is 0.262. The van der Waals surface area contributed by atoms with Crippen LogP contribution in [0.1, 0.15) is 26.0 Å². The Balaban J connectivity index is 2.41. The Morgan fingerprint density at radius 3 is 2.77 bits per heavy atom. The van der Waals surface area contributed by atoms with Gasteiger partial charge in [0.15, 0.2) is 5.15 Å². The first-order valence-electron chi connectivity index (χ1n) is 4.32. The van der Waals surface area contributed by atoms with Crippen molar-refractivity contribution in [2.24, 2.45) is 0 Å². The zero-order valence-corrected chi connectivity index (χ0v) is 8.58. The minimum absolute atomic E-state index is 0.262. The van der Waals surface area contributed by atoms with Gasteiger partial charge in [-0.2, -0.15) is 5.10 Å². The van der Waals surface area contributed by atoms with Crippen LogP contribution < -0.4 is 0 Å². The summed E-state index contributed by atoms with van der Waals surface area (Å²) in [4.78, 5) is 0. The van der Waals surface area contributed by atoms with Crippen LogP contribution in [0.5, 0.6) is 0 Å². The Morgan fingerprint density at radius 1 is 1.46 bits per heavy atom. The fraction of sp³-hybridized carbons (Fsp3) is 0.556. The Labute approximate surface area is 83.1 Å². The van der Waals surface area contributed by atoms with Gasteiger partial charge in [-0.3, -0.25) is 0 Å². The Morgan fingerprint density at radius 2 is 2.23 bits per heavy atom. The van der Waals surface area contributed by atoms with Crippen LogP contribution in [0.4, 0.5) is 0 Å². The zero-order chi connectivity index (χ0) is 9.68. The van der Waals surface area contributed by atoms with Gasteiger partial charge < -0.3 is 4.74 Å². The molecule has 1 heterocycles.